The number of carbonyl (C=O) groups is 1. The minimum absolute atomic E-state index is 0.185. The standard InChI is InChI=1S/C23H23N3O3/c1-14-10-17(7-9-22(14)27)21(25)12-20(24)16-4-3-5-18(11-16)23(28)26-13-19-8-6-15(2)29-19/h3-12,24,27H,13,25H2,1-2H3,(H,26,28). The summed E-state index contributed by atoms with van der Waals surface area (Å²) in [6, 6.07) is 15.5. The van der Waals surface area contributed by atoms with Crippen LogP contribution in [-0.2, 0) is 6.54 Å². The maximum atomic E-state index is 12.4. The molecule has 0 aliphatic carbocycles. The number of aryl methyl sites for hydroxylation is 2. The zero-order valence-corrected chi connectivity index (χ0v) is 16.3. The molecule has 148 valence electrons. The van der Waals surface area contributed by atoms with E-state index in [-0.39, 0.29) is 17.4 Å². The summed E-state index contributed by atoms with van der Waals surface area (Å²) in [6.07, 6.45) is 1.54. The number of rotatable bonds is 6. The first kappa shape index (κ1) is 19.9. The number of nitrogens with one attached hydrogen (secondary N) is 2. The lowest BCUT2D eigenvalue weighted by Crippen LogP contribution is -2.22. The van der Waals surface area contributed by atoms with Crippen molar-refractivity contribution in [2.24, 2.45) is 5.73 Å². The van der Waals surface area contributed by atoms with Gasteiger partial charge in [-0.3, -0.25) is 4.79 Å². The molecule has 0 saturated carbocycles. The van der Waals surface area contributed by atoms with E-state index in [9.17, 15) is 9.90 Å². The average Bonchev–Trinajstić information content (AvgIpc) is 3.13. The fraction of sp³-hybridized carbons (Fsp3) is 0.130. The molecule has 6 nitrogen and oxygen atoms in total. The minimum Gasteiger partial charge on any atom is -0.508 e. The SMILES string of the molecule is Cc1ccc(CNC(=O)c2cccc(C(=N)C=C(N)c3ccc(O)c(C)c3)c2)o1. The van der Waals surface area contributed by atoms with E-state index < -0.39 is 0 Å². The molecule has 0 fully saturated rings. The van der Waals surface area contributed by atoms with Crippen molar-refractivity contribution in [3.63, 3.8) is 0 Å². The highest BCUT2D eigenvalue weighted by atomic mass is 16.3. The van der Waals surface area contributed by atoms with E-state index in [1.807, 2.05) is 19.1 Å². The van der Waals surface area contributed by atoms with Gasteiger partial charge in [0.25, 0.3) is 5.91 Å². The zero-order chi connectivity index (χ0) is 21.0. The topological polar surface area (TPSA) is 112 Å². The Labute approximate surface area is 169 Å². The van der Waals surface area contributed by atoms with Gasteiger partial charge in [-0.2, -0.15) is 0 Å². The highest BCUT2D eigenvalue weighted by Gasteiger charge is 2.10. The lowest BCUT2D eigenvalue weighted by molar-refractivity contribution is 0.0948. The maximum absolute atomic E-state index is 12.4. The molecule has 0 unspecified atom stereocenters. The molecule has 0 spiro atoms. The van der Waals surface area contributed by atoms with E-state index in [0.29, 0.717) is 40.3 Å². The molecule has 1 heterocycles. The smallest absolute Gasteiger partial charge is 0.251 e. The van der Waals surface area contributed by atoms with Crippen LogP contribution in [0.4, 0.5) is 0 Å². The quantitative estimate of drug-likeness (QED) is 0.479. The molecule has 0 saturated heterocycles. The van der Waals surface area contributed by atoms with Crippen molar-refractivity contribution in [2.45, 2.75) is 20.4 Å². The third kappa shape index (κ3) is 4.93. The first-order chi connectivity index (χ1) is 13.8. The summed E-state index contributed by atoms with van der Waals surface area (Å²) in [5.74, 6) is 1.41. The van der Waals surface area contributed by atoms with Gasteiger partial charge in [-0.1, -0.05) is 12.1 Å². The van der Waals surface area contributed by atoms with Crippen molar-refractivity contribution in [3.8, 4) is 5.75 Å². The summed E-state index contributed by atoms with van der Waals surface area (Å²) in [7, 11) is 0. The van der Waals surface area contributed by atoms with Crippen LogP contribution in [0.1, 0.15) is 38.6 Å². The molecule has 0 aliphatic heterocycles. The number of hydrogen-bond donors (Lipinski definition) is 4. The van der Waals surface area contributed by atoms with Gasteiger partial charge in [0, 0.05) is 16.8 Å². The van der Waals surface area contributed by atoms with Crippen LogP contribution in [0.3, 0.4) is 0 Å². The number of phenols is 1. The van der Waals surface area contributed by atoms with Crippen molar-refractivity contribution >= 4 is 17.3 Å². The van der Waals surface area contributed by atoms with Gasteiger partial charge in [-0.15, -0.1) is 0 Å². The van der Waals surface area contributed by atoms with Crippen molar-refractivity contribution < 1.29 is 14.3 Å². The number of amides is 1. The van der Waals surface area contributed by atoms with Gasteiger partial charge in [0.05, 0.1) is 12.3 Å². The molecule has 0 radical (unpaired) electrons. The van der Waals surface area contributed by atoms with Crippen molar-refractivity contribution in [2.75, 3.05) is 0 Å². The number of furan rings is 1. The molecular weight excluding hydrogens is 366 g/mol. The Morgan fingerprint density at radius 3 is 2.55 bits per heavy atom. The van der Waals surface area contributed by atoms with E-state index in [1.165, 1.54) is 6.08 Å². The second-order valence-corrected chi connectivity index (χ2v) is 6.79. The van der Waals surface area contributed by atoms with Gasteiger partial charge in [0.15, 0.2) is 0 Å². The number of carbonyl (C=O) groups excluding carboxylic acids is 1. The van der Waals surface area contributed by atoms with Crippen molar-refractivity contribution in [3.05, 3.63) is 94.4 Å². The summed E-state index contributed by atoms with van der Waals surface area (Å²) in [5, 5.41) is 20.8. The van der Waals surface area contributed by atoms with Crippen LogP contribution in [0, 0.1) is 19.3 Å². The Morgan fingerprint density at radius 2 is 1.86 bits per heavy atom. The summed E-state index contributed by atoms with van der Waals surface area (Å²) in [5.41, 5.74) is 9.14. The Morgan fingerprint density at radius 1 is 1.10 bits per heavy atom. The molecule has 0 aliphatic rings. The third-order valence-corrected chi connectivity index (χ3v) is 4.48. The van der Waals surface area contributed by atoms with Crippen LogP contribution in [-0.4, -0.2) is 16.7 Å². The Hall–Kier alpha value is -3.80. The monoisotopic (exact) mass is 389 g/mol. The van der Waals surface area contributed by atoms with Crippen LogP contribution in [0.2, 0.25) is 0 Å². The molecule has 0 bridgehead atoms. The van der Waals surface area contributed by atoms with Gasteiger partial charge < -0.3 is 26.0 Å². The molecule has 6 heteroatoms. The Kier molecular flexibility index (Phi) is 5.83. The lowest BCUT2D eigenvalue weighted by atomic mass is 10.0. The predicted octanol–water partition coefficient (Wildman–Crippen LogP) is 3.90. The third-order valence-electron chi connectivity index (χ3n) is 4.48. The second kappa shape index (κ2) is 8.48. The molecule has 29 heavy (non-hydrogen) atoms. The van der Waals surface area contributed by atoms with Crippen molar-refractivity contribution in [1.82, 2.24) is 5.32 Å². The molecule has 3 aromatic rings. The van der Waals surface area contributed by atoms with Crippen LogP contribution in [0.5, 0.6) is 5.75 Å². The largest absolute Gasteiger partial charge is 0.508 e. The number of phenolic OH excluding ortho intramolecular Hbond substituents is 1. The van der Waals surface area contributed by atoms with Crippen LogP contribution in [0.25, 0.3) is 5.70 Å². The number of allylic oxidation sites excluding steroid dienone is 1. The lowest BCUT2D eigenvalue weighted by Gasteiger charge is -2.08. The summed E-state index contributed by atoms with van der Waals surface area (Å²) in [6.45, 7) is 3.92. The first-order valence-electron chi connectivity index (χ1n) is 9.13. The van der Waals surface area contributed by atoms with E-state index in [2.05, 4.69) is 5.32 Å². The average molecular weight is 389 g/mol. The van der Waals surface area contributed by atoms with Crippen molar-refractivity contribution in [1.29, 1.82) is 5.41 Å². The highest BCUT2D eigenvalue weighted by molar-refractivity contribution is 6.11. The van der Waals surface area contributed by atoms with Gasteiger partial charge >= 0.3 is 0 Å². The molecule has 2 aromatic carbocycles. The summed E-state index contributed by atoms with van der Waals surface area (Å²) >= 11 is 0. The number of aromatic hydroxyl groups is 1. The van der Waals surface area contributed by atoms with Gasteiger partial charge in [0.2, 0.25) is 0 Å². The zero-order valence-electron chi connectivity index (χ0n) is 16.3. The van der Waals surface area contributed by atoms with Crippen LogP contribution in [0.15, 0.2) is 65.1 Å². The van der Waals surface area contributed by atoms with Crippen LogP contribution < -0.4 is 11.1 Å². The number of nitrogens with two attached hydrogens (primary N) is 1. The molecule has 0 atom stereocenters. The number of hydrogen-bond acceptors (Lipinski definition) is 5. The Bertz CT molecular complexity index is 1100. The molecular formula is C23H23N3O3. The van der Waals surface area contributed by atoms with E-state index in [1.54, 1.807) is 49.4 Å². The van der Waals surface area contributed by atoms with Crippen LogP contribution >= 0.6 is 0 Å². The Balaban J connectivity index is 1.72. The molecule has 3 rings (SSSR count). The fourth-order valence-electron chi connectivity index (χ4n) is 2.83. The van der Waals surface area contributed by atoms with Gasteiger partial charge in [-0.25, -0.2) is 0 Å². The molecule has 1 amide bonds. The fourth-order valence-corrected chi connectivity index (χ4v) is 2.83. The summed E-state index contributed by atoms with van der Waals surface area (Å²) < 4.78 is 5.45. The highest BCUT2D eigenvalue weighted by Crippen LogP contribution is 2.20. The molecule has 1 aromatic heterocycles. The van der Waals surface area contributed by atoms with E-state index in [0.717, 1.165) is 5.76 Å². The summed E-state index contributed by atoms with van der Waals surface area (Å²) in [4.78, 5) is 12.4. The van der Waals surface area contributed by atoms with Gasteiger partial charge in [0.1, 0.15) is 17.3 Å². The minimum atomic E-state index is -0.250. The van der Waals surface area contributed by atoms with E-state index >= 15 is 0 Å². The first-order valence-corrected chi connectivity index (χ1v) is 9.13. The predicted molar refractivity (Wildman–Crippen MR) is 113 cm³/mol. The number of benzene rings is 2. The maximum Gasteiger partial charge on any atom is 0.251 e. The second-order valence-electron chi connectivity index (χ2n) is 6.79. The van der Waals surface area contributed by atoms with E-state index in [4.69, 9.17) is 15.6 Å². The normalized spacial score (nSPS) is 11.3. The molecule has 5 N–H and O–H groups in total. The van der Waals surface area contributed by atoms with Gasteiger partial charge in [-0.05, 0) is 73.5 Å².